The molecule has 0 aliphatic carbocycles. The Kier molecular flexibility index (Phi) is 6.41. The lowest BCUT2D eigenvalue weighted by molar-refractivity contribution is -0.133. The normalized spacial score (nSPS) is 10.2. The topological polar surface area (TPSA) is 51.7 Å². The van der Waals surface area contributed by atoms with Gasteiger partial charge in [-0.3, -0.25) is 9.78 Å². The van der Waals surface area contributed by atoms with Crippen molar-refractivity contribution < 1.29 is 14.3 Å². The fraction of sp³-hybridized carbons (Fsp3) is 0.333. The molecule has 0 saturated heterocycles. The molecule has 23 heavy (non-hydrogen) atoms. The lowest BCUT2D eigenvalue weighted by atomic mass is 10.2. The van der Waals surface area contributed by atoms with E-state index in [2.05, 4.69) is 4.98 Å². The van der Waals surface area contributed by atoms with Crippen LogP contribution in [0.4, 0.5) is 0 Å². The first kappa shape index (κ1) is 16.8. The van der Waals surface area contributed by atoms with Crippen molar-refractivity contribution in [2.75, 3.05) is 26.8 Å². The van der Waals surface area contributed by atoms with Crippen LogP contribution >= 0.6 is 0 Å². The van der Waals surface area contributed by atoms with Gasteiger partial charge in [-0.1, -0.05) is 12.1 Å². The van der Waals surface area contributed by atoms with Crippen LogP contribution in [0.25, 0.3) is 0 Å². The van der Waals surface area contributed by atoms with E-state index >= 15 is 0 Å². The van der Waals surface area contributed by atoms with Crippen LogP contribution in [-0.2, 0) is 11.2 Å². The average molecular weight is 314 g/mol. The molecule has 1 amide bonds. The number of hydrogen-bond donors (Lipinski definition) is 0. The molecule has 0 aliphatic heterocycles. The number of benzene rings is 1. The van der Waals surface area contributed by atoms with Crippen LogP contribution in [0.2, 0.25) is 0 Å². The third-order valence-corrected chi connectivity index (χ3v) is 3.57. The largest absolute Gasteiger partial charge is 0.493 e. The molecule has 0 unspecified atom stereocenters. The van der Waals surface area contributed by atoms with Crippen LogP contribution in [0.15, 0.2) is 48.8 Å². The molecule has 2 rings (SSSR count). The van der Waals surface area contributed by atoms with E-state index in [-0.39, 0.29) is 12.5 Å². The number of amides is 1. The second-order valence-electron chi connectivity index (χ2n) is 5.02. The zero-order valence-corrected chi connectivity index (χ0v) is 13.6. The highest BCUT2D eigenvalue weighted by Gasteiger charge is 2.13. The number of para-hydroxylation sites is 2. The molecule has 122 valence electrons. The minimum atomic E-state index is -0.0348. The molecule has 0 N–H and O–H groups in total. The fourth-order valence-corrected chi connectivity index (χ4v) is 2.24. The fourth-order valence-electron chi connectivity index (χ4n) is 2.24. The Hall–Kier alpha value is -2.56. The highest BCUT2D eigenvalue weighted by Crippen LogP contribution is 2.25. The van der Waals surface area contributed by atoms with Crippen molar-refractivity contribution in [2.45, 2.75) is 13.3 Å². The monoisotopic (exact) mass is 314 g/mol. The number of methoxy groups -OCH3 is 1. The molecule has 0 atom stereocenters. The summed E-state index contributed by atoms with van der Waals surface area (Å²) in [6.07, 6.45) is 4.33. The summed E-state index contributed by atoms with van der Waals surface area (Å²) in [7, 11) is 1.58. The lowest BCUT2D eigenvalue weighted by Gasteiger charge is -2.21. The van der Waals surface area contributed by atoms with E-state index in [1.54, 1.807) is 36.5 Å². The zero-order chi connectivity index (χ0) is 16.5. The van der Waals surface area contributed by atoms with Crippen LogP contribution in [0.1, 0.15) is 12.5 Å². The third kappa shape index (κ3) is 4.98. The first-order chi connectivity index (χ1) is 11.2. The maximum Gasteiger partial charge on any atom is 0.260 e. The number of carbonyl (C=O) groups is 1. The Bertz CT molecular complexity index is 617. The maximum absolute atomic E-state index is 12.3. The summed E-state index contributed by atoms with van der Waals surface area (Å²) < 4.78 is 10.8. The minimum Gasteiger partial charge on any atom is -0.493 e. The quantitative estimate of drug-likeness (QED) is 0.751. The number of pyridine rings is 1. The molecule has 1 aromatic carbocycles. The van der Waals surface area contributed by atoms with Crippen molar-refractivity contribution in [3.05, 3.63) is 54.4 Å². The van der Waals surface area contributed by atoms with Gasteiger partial charge in [0.2, 0.25) is 0 Å². The predicted octanol–water partition coefficient (Wildman–Crippen LogP) is 2.56. The molecule has 0 saturated carbocycles. The molecular weight excluding hydrogens is 292 g/mol. The molecule has 1 heterocycles. The smallest absolute Gasteiger partial charge is 0.260 e. The molecule has 1 aromatic heterocycles. The number of rotatable bonds is 8. The van der Waals surface area contributed by atoms with Crippen molar-refractivity contribution in [1.29, 1.82) is 0 Å². The van der Waals surface area contributed by atoms with E-state index in [0.29, 0.717) is 24.6 Å². The number of nitrogens with zero attached hydrogens (tertiary/aromatic N) is 2. The Balaban J connectivity index is 1.87. The summed E-state index contributed by atoms with van der Waals surface area (Å²) in [5.41, 5.74) is 1.16. The van der Waals surface area contributed by atoms with Gasteiger partial charge >= 0.3 is 0 Å². The Morgan fingerprint density at radius 2 is 1.83 bits per heavy atom. The average Bonchev–Trinajstić information content (AvgIpc) is 2.61. The first-order valence-corrected chi connectivity index (χ1v) is 7.67. The lowest BCUT2D eigenvalue weighted by Crippen LogP contribution is -2.36. The van der Waals surface area contributed by atoms with E-state index in [4.69, 9.17) is 9.47 Å². The number of hydrogen-bond acceptors (Lipinski definition) is 4. The van der Waals surface area contributed by atoms with Gasteiger partial charge < -0.3 is 14.4 Å². The van der Waals surface area contributed by atoms with E-state index in [1.165, 1.54) is 0 Å². The van der Waals surface area contributed by atoms with E-state index in [1.807, 2.05) is 31.2 Å². The standard InChI is InChI=1S/C18H22N2O3/c1-3-20(13-10-15-8-11-19-12-9-15)18(21)14-23-17-7-5-4-6-16(17)22-2/h4-9,11-12H,3,10,13-14H2,1-2H3. The van der Waals surface area contributed by atoms with Gasteiger partial charge in [-0.25, -0.2) is 0 Å². The zero-order valence-electron chi connectivity index (χ0n) is 13.6. The SMILES string of the molecule is CCN(CCc1ccncc1)C(=O)COc1ccccc1OC. The highest BCUT2D eigenvalue weighted by molar-refractivity contribution is 5.77. The molecule has 2 aromatic rings. The Morgan fingerprint density at radius 1 is 1.13 bits per heavy atom. The van der Waals surface area contributed by atoms with Crippen LogP contribution in [0.5, 0.6) is 11.5 Å². The van der Waals surface area contributed by atoms with Crippen LogP contribution in [0.3, 0.4) is 0 Å². The molecule has 0 spiro atoms. The van der Waals surface area contributed by atoms with Gasteiger partial charge in [0, 0.05) is 25.5 Å². The second-order valence-corrected chi connectivity index (χ2v) is 5.02. The maximum atomic E-state index is 12.3. The molecule has 5 heteroatoms. The number of likely N-dealkylation sites (N-methyl/N-ethyl adjacent to an activating group) is 1. The van der Waals surface area contributed by atoms with Gasteiger partial charge in [0.1, 0.15) is 0 Å². The van der Waals surface area contributed by atoms with Gasteiger partial charge in [0.15, 0.2) is 18.1 Å². The van der Waals surface area contributed by atoms with Crippen molar-refractivity contribution in [3.8, 4) is 11.5 Å². The van der Waals surface area contributed by atoms with Crippen molar-refractivity contribution in [1.82, 2.24) is 9.88 Å². The molecular formula is C18H22N2O3. The summed E-state index contributed by atoms with van der Waals surface area (Å²) in [5, 5.41) is 0. The van der Waals surface area contributed by atoms with Crippen molar-refractivity contribution in [2.24, 2.45) is 0 Å². The highest BCUT2D eigenvalue weighted by atomic mass is 16.5. The predicted molar refractivity (Wildman–Crippen MR) is 88.7 cm³/mol. The van der Waals surface area contributed by atoms with Gasteiger partial charge in [-0.2, -0.15) is 0 Å². The molecule has 5 nitrogen and oxygen atoms in total. The van der Waals surface area contributed by atoms with Gasteiger partial charge in [-0.05, 0) is 43.2 Å². The Morgan fingerprint density at radius 3 is 2.48 bits per heavy atom. The first-order valence-electron chi connectivity index (χ1n) is 7.67. The van der Waals surface area contributed by atoms with Crippen molar-refractivity contribution >= 4 is 5.91 Å². The van der Waals surface area contributed by atoms with Gasteiger partial charge in [-0.15, -0.1) is 0 Å². The van der Waals surface area contributed by atoms with Gasteiger partial charge in [0.05, 0.1) is 7.11 Å². The summed E-state index contributed by atoms with van der Waals surface area (Å²) in [6.45, 7) is 3.28. The van der Waals surface area contributed by atoms with Crippen molar-refractivity contribution in [3.63, 3.8) is 0 Å². The van der Waals surface area contributed by atoms with E-state index in [0.717, 1.165) is 12.0 Å². The molecule has 0 fully saturated rings. The van der Waals surface area contributed by atoms with Crippen LogP contribution < -0.4 is 9.47 Å². The third-order valence-electron chi connectivity index (χ3n) is 3.57. The minimum absolute atomic E-state index is 0.00452. The number of aromatic nitrogens is 1. The summed E-state index contributed by atoms with van der Waals surface area (Å²) in [5.74, 6) is 1.17. The van der Waals surface area contributed by atoms with Crippen LogP contribution in [0, 0.1) is 0 Å². The summed E-state index contributed by atoms with van der Waals surface area (Å²) in [6, 6.07) is 11.2. The summed E-state index contributed by atoms with van der Waals surface area (Å²) in [4.78, 5) is 18.1. The van der Waals surface area contributed by atoms with E-state index in [9.17, 15) is 4.79 Å². The molecule has 0 bridgehead atoms. The summed E-state index contributed by atoms with van der Waals surface area (Å²) >= 11 is 0. The number of carbonyl (C=O) groups excluding carboxylic acids is 1. The van der Waals surface area contributed by atoms with E-state index < -0.39 is 0 Å². The van der Waals surface area contributed by atoms with Gasteiger partial charge in [0.25, 0.3) is 5.91 Å². The molecule has 0 aliphatic rings. The van der Waals surface area contributed by atoms with Crippen LogP contribution in [-0.4, -0.2) is 42.6 Å². The Labute approximate surface area is 136 Å². The number of ether oxygens (including phenoxy) is 2. The second kappa shape index (κ2) is 8.78. The molecule has 0 radical (unpaired) electrons.